The van der Waals surface area contributed by atoms with E-state index < -0.39 is 44.6 Å². The van der Waals surface area contributed by atoms with Crippen LogP contribution in [0.5, 0.6) is 0 Å². The van der Waals surface area contributed by atoms with Gasteiger partial charge in [0, 0.05) is 5.38 Å². The Labute approximate surface area is 129 Å². The lowest BCUT2D eigenvalue weighted by atomic mass is 10.3. The molecule has 2 rings (SSSR count). The van der Waals surface area contributed by atoms with Crippen LogP contribution < -0.4 is 4.31 Å². The van der Waals surface area contributed by atoms with E-state index in [0.29, 0.717) is 6.07 Å². The summed E-state index contributed by atoms with van der Waals surface area (Å²) in [6.45, 7) is 0. The summed E-state index contributed by atoms with van der Waals surface area (Å²) in [6.07, 6.45) is -7.25. The van der Waals surface area contributed by atoms with Crippen LogP contribution in [-0.2, 0) is 16.2 Å². The van der Waals surface area contributed by atoms with Crippen LogP contribution in [0.25, 0.3) is 0 Å². The number of hydrogen-bond donors (Lipinski definition) is 1. The smallest absolute Gasteiger partial charge is 0.436 e. The summed E-state index contributed by atoms with van der Waals surface area (Å²) in [5.41, 5.74) is -0.942. The Morgan fingerprint density at radius 1 is 1.30 bits per heavy atom. The SMILES string of the molecule is O=C(O)N(c1cscn1)S(=O)(=O)c1ccc(F)c(C(F)(F)F)n1. The van der Waals surface area contributed by atoms with Crippen LogP contribution in [-0.4, -0.2) is 29.6 Å². The fourth-order valence-electron chi connectivity index (χ4n) is 1.49. The van der Waals surface area contributed by atoms with E-state index in [2.05, 4.69) is 9.97 Å². The zero-order chi connectivity index (χ0) is 17.4. The molecule has 0 aliphatic rings. The minimum Gasteiger partial charge on any atom is -0.464 e. The van der Waals surface area contributed by atoms with E-state index in [1.807, 2.05) is 0 Å². The van der Waals surface area contributed by atoms with Gasteiger partial charge in [-0.3, -0.25) is 0 Å². The third-order valence-electron chi connectivity index (χ3n) is 2.39. The first kappa shape index (κ1) is 17.1. The summed E-state index contributed by atoms with van der Waals surface area (Å²) in [7, 11) is -5.02. The number of carboxylic acid groups (broad SMARTS) is 1. The van der Waals surface area contributed by atoms with Gasteiger partial charge in [0.25, 0.3) is 10.0 Å². The number of sulfonamides is 1. The molecule has 124 valence electrons. The number of amides is 1. The van der Waals surface area contributed by atoms with Gasteiger partial charge in [0.1, 0.15) is 0 Å². The molecule has 13 heteroatoms. The van der Waals surface area contributed by atoms with Gasteiger partial charge in [-0.25, -0.2) is 19.2 Å². The molecule has 0 aliphatic carbocycles. The number of anilines is 1. The molecule has 2 heterocycles. The second-order valence-electron chi connectivity index (χ2n) is 3.88. The topological polar surface area (TPSA) is 100 Å². The Morgan fingerprint density at radius 3 is 2.43 bits per heavy atom. The monoisotopic (exact) mass is 371 g/mol. The minimum atomic E-state index is -5.25. The maximum atomic E-state index is 13.2. The zero-order valence-corrected chi connectivity index (χ0v) is 12.3. The fraction of sp³-hybridized carbons (Fsp3) is 0.100. The van der Waals surface area contributed by atoms with Crippen LogP contribution in [0.4, 0.5) is 28.2 Å². The van der Waals surface area contributed by atoms with Crippen molar-refractivity contribution in [2.75, 3.05) is 4.31 Å². The lowest BCUT2D eigenvalue weighted by Crippen LogP contribution is -2.36. The molecule has 0 saturated carbocycles. The number of halogens is 4. The molecule has 2 aromatic rings. The number of alkyl halides is 3. The van der Waals surface area contributed by atoms with Gasteiger partial charge in [-0.1, -0.05) is 0 Å². The van der Waals surface area contributed by atoms with Gasteiger partial charge in [-0.15, -0.1) is 15.6 Å². The molecule has 0 saturated heterocycles. The summed E-state index contributed by atoms with van der Waals surface area (Å²) >= 11 is 0.866. The van der Waals surface area contributed by atoms with Crippen molar-refractivity contribution in [2.24, 2.45) is 0 Å². The lowest BCUT2D eigenvalue weighted by molar-refractivity contribution is -0.144. The Bertz CT molecular complexity index is 836. The maximum absolute atomic E-state index is 13.2. The summed E-state index contributed by atoms with van der Waals surface area (Å²) < 4.78 is 75.2. The molecule has 0 bridgehead atoms. The van der Waals surface area contributed by atoms with E-state index in [-0.39, 0.29) is 10.4 Å². The number of nitrogens with zero attached hydrogens (tertiary/aromatic N) is 3. The molecule has 1 N–H and O–H groups in total. The van der Waals surface area contributed by atoms with Gasteiger partial charge < -0.3 is 5.11 Å². The summed E-state index contributed by atoms with van der Waals surface area (Å²) in [6, 6.07) is 0.673. The number of thiazole rings is 1. The maximum Gasteiger partial charge on any atom is 0.436 e. The van der Waals surface area contributed by atoms with Gasteiger partial charge in [-0.2, -0.15) is 21.6 Å². The number of rotatable bonds is 3. The first-order valence-electron chi connectivity index (χ1n) is 5.45. The van der Waals surface area contributed by atoms with Crippen molar-refractivity contribution in [3.63, 3.8) is 0 Å². The van der Waals surface area contributed by atoms with Crippen molar-refractivity contribution in [3.05, 3.63) is 34.5 Å². The van der Waals surface area contributed by atoms with Crippen LogP contribution in [0.2, 0.25) is 0 Å². The van der Waals surface area contributed by atoms with Gasteiger partial charge in [-0.05, 0) is 12.1 Å². The van der Waals surface area contributed by atoms with Crippen molar-refractivity contribution >= 4 is 33.3 Å². The average Bonchev–Trinajstić information content (AvgIpc) is 2.90. The number of aromatic nitrogens is 2. The van der Waals surface area contributed by atoms with E-state index in [1.54, 1.807) is 0 Å². The third-order valence-corrected chi connectivity index (χ3v) is 4.55. The van der Waals surface area contributed by atoms with Crippen LogP contribution in [0, 0.1) is 5.82 Å². The van der Waals surface area contributed by atoms with E-state index in [0.717, 1.165) is 22.2 Å². The predicted molar refractivity (Wildman–Crippen MR) is 69.0 cm³/mol. The molecule has 2 aromatic heterocycles. The number of pyridine rings is 1. The predicted octanol–water partition coefficient (Wildman–Crippen LogP) is 2.57. The first-order valence-corrected chi connectivity index (χ1v) is 7.83. The van der Waals surface area contributed by atoms with Crippen LogP contribution in [0.15, 0.2) is 28.0 Å². The Balaban J connectivity index is 2.62. The summed E-state index contributed by atoms with van der Waals surface area (Å²) in [5, 5.41) is 8.79. The molecular weight excluding hydrogens is 366 g/mol. The first-order chi connectivity index (χ1) is 10.5. The molecular formula is C10H5F4N3O4S2. The van der Waals surface area contributed by atoms with E-state index in [1.165, 1.54) is 0 Å². The second-order valence-corrected chi connectivity index (χ2v) is 6.33. The average molecular weight is 371 g/mol. The fourth-order valence-corrected chi connectivity index (χ4v) is 3.26. The highest BCUT2D eigenvalue weighted by Crippen LogP contribution is 2.31. The van der Waals surface area contributed by atoms with E-state index >= 15 is 0 Å². The van der Waals surface area contributed by atoms with Gasteiger partial charge in [0.05, 0.1) is 5.51 Å². The Hall–Kier alpha value is -2.28. The van der Waals surface area contributed by atoms with E-state index in [4.69, 9.17) is 5.11 Å². The molecule has 23 heavy (non-hydrogen) atoms. The minimum absolute atomic E-state index is 0.240. The van der Waals surface area contributed by atoms with Gasteiger partial charge >= 0.3 is 12.3 Å². The molecule has 0 atom stereocenters. The molecule has 0 spiro atoms. The van der Waals surface area contributed by atoms with Crippen molar-refractivity contribution in [1.82, 2.24) is 9.97 Å². The molecule has 0 radical (unpaired) electrons. The second kappa shape index (κ2) is 5.73. The zero-order valence-electron chi connectivity index (χ0n) is 10.7. The van der Waals surface area contributed by atoms with Crippen molar-refractivity contribution < 1.29 is 35.9 Å². The largest absolute Gasteiger partial charge is 0.464 e. The standard InChI is InChI=1S/C10H5F4N3O4S2/c11-5-1-2-7(16-8(5)10(12,13)14)23(20,21)17(9(18)19)6-3-22-4-15-6/h1-4H,(H,18,19). The van der Waals surface area contributed by atoms with Crippen LogP contribution >= 0.6 is 11.3 Å². The molecule has 0 fully saturated rings. The van der Waals surface area contributed by atoms with E-state index in [9.17, 15) is 30.8 Å². The number of carbonyl (C=O) groups is 1. The highest BCUT2D eigenvalue weighted by molar-refractivity contribution is 7.93. The number of hydrogen-bond acceptors (Lipinski definition) is 6. The normalized spacial score (nSPS) is 12.2. The van der Waals surface area contributed by atoms with Gasteiger partial charge in [0.2, 0.25) is 0 Å². The molecule has 0 aromatic carbocycles. The Morgan fingerprint density at radius 2 is 1.96 bits per heavy atom. The Kier molecular flexibility index (Phi) is 4.26. The quantitative estimate of drug-likeness (QED) is 0.833. The lowest BCUT2D eigenvalue weighted by Gasteiger charge is -2.17. The molecule has 0 aliphatic heterocycles. The molecule has 7 nitrogen and oxygen atoms in total. The highest BCUT2D eigenvalue weighted by Gasteiger charge is 2.40. The van der Waals surface area contributed by atoms with Gasteiger partial charge in [0.15, 0.2) is 22.4 Å². The summed E-state index contributed by atoms with van der Waals surface area (Å²) in [4.78, 5) is 17.3. The van der Waals surface area contributed by atoms with Crippen LogP contribution in [0.3, 0.4) is 0 Å². The van der Waals surface area contributed by atoms with Crippen molar-refractivity contribution in [3.8, 4) is 0 Å². The van der Waals surface area contributed by atoms with Crippen molar-refractivity contribution in [2.45, 2.75) is 11.2 Å². The molecule has 1 amide bonds. The van der Waals surface area contributed by atoms with Crippen LogP contribution in [0.1, 0.15) is 5.69 Å². The highest BCUT2D eigenvalue weighted by atomic mass is 32.2. The van der Waals surface area contributed by atoms with Crippen molar-refractivity contribution in [1.29, 1.82) is 0 Å². The molecule has 0 unspecified atom stereocenters. The summed E-state index contributed by atoms with van der Waals surface area (Å²) in [5.74, 6) is -2.32. The third kappa shape index (κ3) is 3.24.